The van der Waals surface area contributed by atoms with Gasteiger partial charge in [-0.05, 0) is 45.0 Å². The molecule has 3 heterocycles. The summed E-state index contributed by atoms with van der Waals surface area (Å²) in [4.78, 5) is 4.33. The highest BCUT2D eigenvalue weighted by atomic mass is 14.9. The van der Waals surface area contributed by atoms with E-state index >= 15 is 0 Å². The monoisotopic (exact) mass is 215 g/mol. The molecule has 1 fully saturated rings. The minimum absolute atomic E-state index is 0.700. The van der Waals surface area contributed by atoms with Crippen molar-refractivity contribution in [3.05, 3.63) is 35.9 Å². The van der Waals surface area contributed by atoms with Crippen LogP contribution in [0.2, 0.25) is 0 Å². The number of aryl methyl sites for hydroxylation is 1. The first-order valence-corrected chi connectivity index (χ1v) is 5.99. The number of aromatic nitrogens is 2. The average molecular weight is 215 g/mol. The van der Waals surface area contributed by atoms with E-state index in [1.54, 1.807) is 0 Å². The van der Waals surface area contributed by atoms with Crippen molar-refractivity contribution < 1.29 is 0 Å². The predicted molar refractivity (Wildman–Crippen MR) is 64.8 cm³/mol. The van der Waals surface area contributed by atoms with Crippen LogP contribution in [0.4, 0.5) is 0 Å². The molecule has 1 saturated heterocycles. The fourth-order valence-electron chi connectivity index (χ4n) is 2.65. The molecule has 84 valence electrons. The first-order chi connectivity index (χ1) is 7.86. The molecule has 0 bridgehead atoms. The van der Waals surface area contributed by atoms with E-state index in [2.05, 4.69) is 40.0 Å². The van der Waals surface area contributed by atoms with Gasteiger partial charge in [0.2, 0.25) is 0 Å². The molecule has 3 rings (SSSR count). The number of rotatable bonds is 1. The molecule has 3 heteroatoms. The molecule has 1 N–H and O–H groups in total. The van der Waals surface area contributed by atoms with Gasteiger partial charge in [0.25, 0.3) is 0 Å². The second-order valence-electron chi connectivity index (χ2n) is 4.55. The van der Waals surface area contributed by atoms with Gasteiger partial charge in [-0.25, -0.2) is 0 Å². The lowest BCUT2D eigenvalue weighted by Crippen LogP contribution is -2.27. The van der Waals surface area contributed by atoms with Gasteiger partial charge in [-0.1, -0.05) is 0 Å². The summed E-state index contributed by atoms with van der Waals surface area (Å²) in [6, 6.07) is 4.46. The topological polar surface area (TPSA) is 29.3 Å². The summed E-state index contributed by atoms with van der Waals surface area (Å²) in [6.07, 6.45) is 6.47. The molecule has 0 spiro atoms. The Balaban J connectivity index is 2.06. The first kappa shape index (κ1) is 9.85. The Morgan fingerprint density at radius 3 is 2.94 bits per heavy atom. The summed E-state index contributed by atoms with van der Waals surface area (Å²) < 4.78 is 2.30. The van der Waals surface area contributed by atoms with Gasteiger partial charge in [0.15, 0.2) is 0 Å². The molecule has 0 aliphatic carbocycles. The van der Waals surface area contributed by atoms with Crippen LogP contribution in [0.3, 0.4) is 0 Å². The quantitative estimate of drug-likeness (QED) is 0.789. The second kappa shape index (κ2) is 3.91. The maximum Gasteiger partial charge on any atom is 0.0666 e. The highest BCUT2D eigenvalue weighted by Gasteiger charge is 2.18. The summed E-state index contributed by atoms with van der Waals surface area (Å²) in [7, 11) is 0. The SMILES string of the molecule is Cc1nccn2c(C3CCNCC3)ccc12. The zero-order chi connectivity index (χ0) is 11.0. The van der Waals surface area contributed by atoms with Gasteiger partial charge in [0, 0.05) is 24.0 Å². The van der Waals surface area contributed by atoms with Crippen molar-refractivity contribution in [1.29, 1.82) is 0 Å². The number of hydrogen-bond donors (Lipinski definition) is 1. The van der Waals surface area contributed by atoms with Crippen LogP contribution in [0.15, 0.2) is 24.5 Å². The minimum atomic E-state index is 0.700. The molecule has 16 heavy (non-hydrogen) atoms. The summed E-state index contributed by atoms with van der Waals surface area (Å²) >= 11 is 0. The molecule has 2 aromatic heterocycles. The zero-order valence-corrected chi connectivity index (χ0v) is 9.61. The van der Waals surface area contributed by atoms with E-state index in [0.717, 1.165) is 18.8 Å². The molecule has 0 amide bonds. The molecule has 0 saturated carbocycles. The minimum Gasteiger partial charge on any atom is -0.317 e. The van der Waals surface area contributed by atoms with Crippen molar-refractivity contribution in [3.8, 4) is 0 Å². The van der Waals surface area contributed by atoms with Gasteiger partial charge in [-0.3, -0.25) is 4.98 Å². The molecule has 1 aliphatic rings. The maximum atomic E-state index is 4.33. The molecular weight excluding hydrogens is 198 g/mol. The molecule has 0 unspecified atom stereocenters. The lowest BCUT2D eigenvalue weighted by atomic mass is 9.95. The highest BCUT2D eigenvalue weighted by molar-refractivity contribution is 5.53. The van der Waals surface area contributed by atoms with Crippen LogP contribution in [0.5, 0.6) is 0 Å². The van der Waals surface area contributed by atoms with Crippen molar-refractivity contribution in [1.82, 2.24) is 14.7 Å². The third-order valence-corrected chi connectivity index (χ3v) is 3.56. The highest BCUT2D eigenvalue weighted by Crippen LogP contribution is 2.27. The number of hydrogen-bond acceptors (Lipinski definition) is 2. The predicted octanol–water partition coefficient (Wildman–Crippen LogP) is 2.11. The number of fused-ring (bicyclic) bond motifs is 1. The normalized spacial score (nSPS) is 18.1. The van der Waals surface area contributed by atoms with E-state index in [4.69, 9.17) is 0 Å². The average Bonchev–Trinajstić information content (AvgIpc) is 2.75. The maximum absolute atomic E-state index is 4.33. The Morgan fingerprint density at radius 1 is 1.31 bits per heavy atom. The lowest BCUT2D eigenvalue weighted by Gasteiger charge is -2.22. The van der Waals surface area contributed by atoms with Crippen molar-refractivity contribution in [2.45, 2.75) is 25.7 Å². The van der Waals surface area contributed by atoms with E-state index in [0.29, 0.717) is 5.92 Å². The molecule has 0 atom stereocenters. The Hall–Kier alpha value is -1.35. The van der Waals surface area contributed by atoms with Crippen LogP contribution in [-0.4, -0.2) is 22.5 Å². The summed E-state index contributed by atoms with van der Waals surface area (Å²) in [5, 5.41) is 3.41. The number of piperidine rings is 1. The van der Waals surface area contributed by atoms with Crippen molar-refractivity contribution in [3.63, 3.8) is 0 Å². The summed E-state index contributed by atoms with van der Waals surface area (Å²) in [5.74, 6) is 0.700. The van der Waals surface area contributed by atoms with Crippen molar-refractivity contribution >= 4 is 5.52 Å². The van der Waals surface area contributed by atoms with E-state index in [9.17, 15) is 0 Å². The molecule has 3 nitrogen and oxygen atoms in total. The molecular formula is C13H17N3. The Labute approximate surface area is 95.5 Å². The third-order valence-electron chi connectivity index (χ3n) is 3.56. The van der Waals surface area contributed by atoms with E-state index in [-0.39, 0.29) is 0 Å². The smallest absolute Gasteiger partial charge is 0.0666 e. The molecule has 0 aromatic carbocycles. The number of nitrogens with zero attached hydrogens (tertiary/aromatic N) is 2. The third kappa shape index (κ3) is 1.52. The van der Waals surface area contributed by atoms with Gasteiger partial charge < -0.3 is 9.72 Å². The Bertz CT molecular complexity index is 495. The summed E-state index contributed by atoms with van der Waals surface area (Å²) in [5.41, 5.74) is 3.81. The van der Waals surface area contributed by atoms with Crippen LogP contribution in [0, 0.1) is 6.92 Å². The van der Waals surface area contributed by atoms with Crippen LogP contribution in [-0.2, 0) is 0 Å². The molecule has 2 aromatic rings. The molecule has 1 aliphatic heterocycles. The molecule has 0 radical (unpaired) electrons. The Kier molecular flexibility index (Phi) is 2.40. The zero-order valence-electron chi connectivity index (χ0n) is 9.61. The van der Waals surface area contributed by atoms with Gasteiger partial charge in [-0.15, -0.1) is 0 Å². The number of nitrogens with one attached hydrogen (secondary N) is 1. The van der Waals surface area contributed by atoms with Crippen LogP contribution in [0.25, 0.3) is 5.52 Å². The van der Waals surface area contributed by atoms with Crippen molar-refractivity contribution in [2.75, 3.05) is 13.1 Å². The van der Waals surface area contributed by atoms with Crippen molar-refractivity contribution in [2.24, 2.45) is 0 Å². The van der Waals surface area contributed by atoms with Crippen LogP contribution in [0.1, 0.15) is 30.1 Å². The Morgan fingerprint density at radius 2 is 2.12 bits per heavy atom. The van der Waals surface area contributed by atoms with Gasteiger partial charge in [-0.2, -0.15) is 0 Å². The van der Waals surface area contributed by atoms with E-state index in [1.165, 1.54) is 24.1 Å². The summed E-state index contributed by atoms with van der Waals surface area (Å²) in [6.45, 7) is 4.35. The van der Waals surface area contributed by atoms with Gasteiger partial charge in [0.1, 0.15) is 0 Å². The first-order valence-electron chi connectivity index (χ1n) is 5.99. The standard InChI is InChI=1S/C13H17N3/c1-10-12-2-3-13(16(12)9-8-15-10)11-4-6-14-7-5-11/h2-3,8-9,11,14H,4-7H2,1H3. The van der Waals surface area contributed by atoms with Crippen LogP contribution < -0.4 is 5.32 Å². The fourth-order valence-corrected chi connectivity index (χ4v) is 2.65. The van der Waals surface area contributed by atoms with Gasteiger partial charge in [0.05, 0.1) is 11.2 Å². The largest absolute Gasteiger partial charge is 0.317 e. The van der Waals surface area contributed by atoms with Gasteiger partial charge >= 0.3 is 0 Å². The lowest BCUT2D eigenvalue weighted by molar-refractivity contribution is 0.451. The second-order valence-corrected chi connectivity index (χ2v) is 4.55. The fraction of sp³-hybridized carbons (Fsp3) is 0.462. The van der Waals surface area contributed by atoms with Crippen LogP contribution >= 0.6 is 0 Å². The van der Waals surface area contributed by atoms with E-state index in [1.807, 2.05) is 6.20 Å². The van der Waals surface area contributed by atoms with E-state index < -0.39 is 0 Å².